The van der Waals surface area contributed by atoms with E-state index >= 15 is 0 Å². The van der Waals surface area contributed by atoms with E-state index in [2.05, 4.69) is 10.3 Å². The molecule has 0 radical (unpaired) electrons. The second-order valence-corrected chi connectivity index (χ2v) is 6.11. The molecule has 108 valence electrons. The molecule has 0 aliphatic heterocycles. The number of imidazole rings is 1. The number of hydrogen-bond donors (Lipinski definition) is 2. The molecule has 7 nitrogen and oxygen atoms in total. The first-order valence-corrected chi connectivity index (χ1v) is 7.53. The molecule has 0 unspecified atom stereocenters. The van der Waals surface area contributed by atoms with Crippen molar-refractivity contribution in [3.8, 4) is 0 Å². The zero-order valence-electron chi connectivity index (χ0n) is 10.9. The van der Waals surface area contributed by atoms with Crippen molar-refractivity contribution >= 4 is 27.9 Å². The molecule has 0 bridgehead atoms. The molecule has 20 heavy (non-hydrogen) atoms. The summed E-state index contributed by atoms with van der Waals surface area (Å²) in [4.78, 5) is 15.5. The summed E-state index contributed by atoms with van der Waals surface area (Å²) < 4.78 is 1.46. The molecule has 0 saturated heterocycles. The molecule has 1 fully saturated rings. The molecule has 3 rings (SSSR count). The van der Waals surface area contributed by atoms with Crippen LogP contribution in [0, 0.1) is 10.1 Å². The average molecular weight is 296 g/mol. The predicted molar refractivity (Wildman–Crippen MR) is 76.2 cm³/mol. The fourth-order valence-corrected chi connectivity index (χ4v) is 3.41. The summed E-state index contributed by atoms with van der Waals surface area (Å²) in [5.41, 5.74) is -0.775. The van der Waals surface area contributed by atoms with Crippen LogP contribution in [0.25, 0.3) is 4.96 Å². The molecule has 1 aliphatic rings. The third-order valence-corrected chi connectivity index (χ3v) is 4.54. The number of thiazole rings is 1. The molecule has 2 aromatic rings. The van der Waals surface area contributed by atoms with E-state index in [9.17, 15) is 15.2 Å². The monoisotopic (exact) mass is 296 g/mol. The minimum absolute atomic E-state index is 0.0688. The highest BCUT2D eigenvalue weighted by Gasteiger charge is 2.31. The topological polar surface area (TPSA) is 92.7 Å². The Bertz CT molecular complexity index is 630. The van der Waals surface area contributed by atoms with Crippen molar-refractivity contribution in [1.82, 2.24) is 9.38 Å². The van der Waals surface area contributed by atoms with Crippen LogP contribution in [0.3, 0.4) is 0 Å². The number of hydrogen-bond acceptors (Lipinski definition) is 6. The smallest absolute Gasteiger partial charge is 0.372 e. The number of rotatable bonds is 4. The number of anilines is 1. The fraction of sp³-hybridized carbons (Fsp3) is 0.583. The number of fused-ring (bicyclic) bond motifs is 1. The fourth-order valence-electron chi connectivity index (χ4n) is 2.70. The van der Waals surface area contributed by atoms with Crippen LogP contribution in [0.15, 0.2) is 11.6 Å². The van der Waals surface area contributed by atoms with Crippen molar-refractivity contribution in [2.24, 2.45) is 0 Å². The first-order valence-electron chi connectivity index (χ1n) is 6.65. The van der Waals surface area contributed by atoms with Gasteiger partial charge in [-0.1, -0.05) is 30.6 Å². The van der Waals surface area contributed by atoms with Gasteiger partial charge in [0.25, 0.3) is 4.96 Å². The van der Waals surface area contributed by atoms with Crippen LogP contribution in [-0.2, 0) is 0 Å². The second kappa shape index (κ2) is 5.02. The highest BCUT2D eigenvalue weighted by molar-refractivity contribution is 7.15. The zero-order valence-corrected chi connectivity index (χ0v) is 11.7. The van der Waals surface area contributed by atoms with E-state index in [4.69, 9.17) is 0 Å². The van der Waals surface area contributed by atoms with Crippen LogP contribution >= 0.6 is 11.3 Å². The molecule has 8 heteroatoms. The summed E-state index contributed by atoms with van der Waals surface area (Å²) in [6.07, 6.45) is 6.23. The number of aliphatic hydroxyl groups is 1. The molecule has 0 atom stereocenters. The minimum atomic E-state index is -0.775. The number of nitrogens with zero attached hydrogens (tertiary/aromatic N) is 3. The molecule has 0 amide bonds. The Labute approximate surface area is 119 Å². The Hall–Kier alpha value is -1.67. The Kier molecular flexibility index (Phi) is 3.35. The zero-order chi connectivity index (χ0) is 14.2. The SMILES string of the molecule is O=[N+]([O-])c1c(NCC2(O)CCCCC2)nc2sccn12. The maximum Gasteiger partial charge on any atom is 0.372 e. The van der Waals surface area contributed by atoms with Gasteiger partial charge in [0.05, 0.1) is 5.60 Å². The Morgan fingerprint density at radius 2 is 2.25 bits per heavy atom. The molecule has 0 aromatic carbocycles. The maximum absolute atomic E-state index is 11.2. The van der Waals surface area contributed by atoms with Crippen LogP contribution in [0.4, 0.5) is 11.6 Å². The summed E-state index contributed by atoms with van der Waals surface area (Å²) in [5.74, 6) is 0.168. The van der Waals surface area contributed by atoms with E-state index in [1.165, 1.54) is 15.7 Å². The van der Waals surface area contributed by atoms with Crippen molar-refractivity contribution in [2.75, 3.05) is 11.9 Å². The van der Waals surface area contributed by atoms with E-state index in [1.54, 1.807) is 11.6 Å². The highest BCUT2D eigenvalue weighted by atomic mass is 32.1. The summed E-state index contributed by atoms with van der Waals surface area (Å²) >= 11 is 1.35. The lowest BCUT2D eigenvalue weighted by molar-refractivity contribution is -0.389. The standard InChI is InChI=1S/C12H16N4O3S/c17-12(4-2-1-3-5-12)8-13-9-10(16(18)19)15-6-7-20-11(15)14-9/h6-7,13,17H,1-5,8H2. The van der Waals surface area contributed by atoms with Gasteiger partial charge in [0.2, 0.25) is 5.82 Å². The Morgan fingerprint density at radius 3 is 2.95 bits per heavy atom. The van der Waals surface area contributed by atoms with Gasteiger partial charge in [-0.05, 0) is 17.8 Å². The second-order valence-electron chi connectivity index (χ2n) is 5.24. The summed E-state index contributed by atoms with van der Waals surface area (Å²) in [6.45, 7) is 0.304. The number of aromatic nitrogens is 2. The van der Waals surface area contributed by atoms with Crippen LogP contribution in [0.2, 0.25) is 0 Å². The molecular formula is C12H16N4O3S. The van der Waals surface area contributed by atoms with Gasteiger partial charge in [0.15, 0.2) is 0 Å². The Balaban J connectivity index is 1.81. The quantitative estimate of drug-likeness (QED) is 0.667. The molecule has 0 spiro atoms. The van der Waals surface area contributed by atoms with E-state index in [-0.39, 0.29) is 11.6 Å². The van der Waals surface area contributed by atoms with Gasteiger partial charge in [-0.3, -0.25) is 0 Å². The number of nitro groups is 1. The lowest BCUT2D eigenvalue weighted by atomic mass is 9.85. The summed E-state index contributed by atoms with van der Waals surface area (Å²) in [5, 5.41) is 26.3. The van der Waals surface area contributed by atoms with Crippen molar-refractivity contribution < 1.29 is 10.0 Å². The minimum Gasteiger partial charge on any atom is -0.388 e. The van der Waals surface area contributed by atoms with Crippen molar-refractivity contribution in [2.45, 2.75) is 37.7 Å². The summed E-state index contributed by atoms with van der Waals surface area (Å²) in [6, 6.07) is 0. The lowest BCUT2D eigenvalue weighted by Crippen LogP contribution is -2.38. The normalized spacial score (nSPS) is 18.2. The van der Waals surface area contributed by atoms with Crippen LogP contribution in [-0.4, -0.2) is 31.6 Å². The molecule has 2 heterocycles. The number of nitrogens with one attached hydrogen (secondary N) is 1. The van der Waals surface area contributed by atoms with Gasteiger partial charge >= 0.3 is 5.82 Å². The first-order chi connectivity index (χ1) is 9.59. The molecule has 1 aliphatic carbocycles. The van der Waals surface area contributed by atoms with Crippen molar-refractivity contribution in [3.05, 3.63) is 21.7 Å². The maximum atomic E-state index is 11.2. The van der Waals surface area contributed by atoms with E-state index in [1.807, 2.05) is 0 Å². The van der Waals surface area contributed by atoms with Gasteiger partial charge < -0.3 is 20.5 Å². The lowest BCUT2D eigenvalue weighted by Gasteiger charge is -2.31. The van der Waals surface area contributed by atoms with E-state index < -0.39 is 10.5 Å². The largest absolute Gasteiger partial charge is 0.388 e. The summed E-state index contributed by atoms with van der Waals surface area (Å²) in [7, 11) is 0. The molecule has 2 N–H and O–H groups in total. The molecular weight excluding hydrogens is 280 g/mol. The average Bonchev–Trinajstić information content (AvgIpc) is 2.96. The van der Waals surface area contributed by atoms with Gasteiger partial charge in [-0.15, -0.1) is 0 Å². The van der Waals surface area contributed by atoms with Crippen LogP contribution < -0.4 is 5.32 Å². The third-order valence-electron chi connectivity index (χ3n) is 3.78. The van der Waals surface area contributed by atoms with E-state index in [0.717, 1.165) is 32.1 Å². The predicted octanol–water partition coefficient (Wildman–Crippen LogP) is 2.41. The van der Waals surface area contributed by atoms with Gasteiger partial charge in [0.1, 0.15) is 6.20 Å². The van der Waals surface area contributed by atoms with E-state index in [0.29, 0.717) is 11.5 Å². The van der Waals surface area contributed by atoms with Crippen LogP contribution in [0.5, 0.6) is 0 Å². The molecule has 1 saturated carbocycles. The Morgan fingerprint density at radius 1 is 1.50 bits per heavy atom. The third kappa shape index (κ3) is 2.36. The van der Waals surface area contributed by atoms with Crippen molar-refractivity contribution in [1.29, 1.82) is 0 Å². The molecule has 2 aromatic heterocycles. The first kappa shape index (κ1) is 13.3. The van der Waals surface area contributed by atoms with Crippen molar-refractivity contribution in [3.63, 3.8) is 0 Å². The van der Waals surface area contributed by atoms with Crippen LogP contribution in [0.1, 0.15) is 32.1 Å². The van der Waals surface area contributed by atoms with Gasteiger partial charge in [0, 0.05) is 11.9 Å². The van der Waals surface area contributed by atoms with Gasteiger partial charge in [-0.25, -0.2) is 0 Å². The highest BCUT2D eigenvalue weighted by Crippen LogP contribution is 2.31. The van der Waals surface area contributed by atoms with Gasteiger partial charge in [-0.2, -0.15) is 9.38 Å².